The van der Waals surface area contributed by atoms with Crippen molar-refractivity contribution in [3.63, 3.8) is 0 Å². The van der Waals surface area contributed by atoms with Gasteiger partial charge in [-0.15, -0.1) is 0 Å². The Bertz CT molecular complexity index is 1100. The van der Waals surface area contributed by atoms with Crippen molar-refractivity contribution in [3.8, 4) is 22.9 Å². The predicted molar refractivity (Wildman–Crippen MR) is 119 cm³/mol. The van der Waals surface area contributed by atoms with Crippen molar-refractivity contribution in [2.45, 2.75) is 31.7 Å². The molecule has 0 amide bonds. The van der Waals surface area contributed by atoms with Gasteiger partial charge in [0.1, 0.15) is 11.5 Å². The second kappa shape index (κ2) is 8.20. The molecule has 150 valence electrons. The van der Waals surface area contributed by atoms with Crippen LogP contribution in [0.3, 0.4) is 0 Å². The van der Waals surface area contributed by atoms with Crippen LogP contribution in [0, 0.1) is 6.92 Å². The number of aromatic nitrogens is 4. The van der Waals surface area contributed by atoms with Crippen LogP contribution in [0.15, 0.2) is 73.1 Å². The van der Waals surface area contributed by atoms with E-state index in [2.05, 4.69) is 81.8 Å². The molecule has 0 spiro atoms. The smallest absolute Gasteiger partial charge is 0.180 e. The molecule has 5 rings (SSSR count). The molecule has 1 aliphatic rings. The quantitative estimate of drug-likeness (QED) is 0.507. The third-order valence-electron chi connectivity index (χ3n) is 5.86. The number of piperidine rings is 1. The van der Waals surface area contributed by atoms with Gasteiger partial charge >= 0.3 is 0 Å². The van der Waals surface area contributed by atoms with Crippen molar-refractivity contribution in [2.75, 3.05) is 6.54 Å². The summed E-state index contributed by atoms with van der Waals surface area (Å²) in [5, 5.41) is 3.73. The Labute approximate surface area is 176 Å². The minimum atomic E-state index is 0.343. The fourth-order valence-corrected chi connectivity index (χ4v) is 4.19. The lowest BCUT2D eigenvalue weighted by molar-refractivity contribution is 0.370. The van der Waals surface area contributed by atoms with Crippen LogP contribution in [0.1, 0.15) is 41.6 Å². The molecule has 0 saturated carbocycles. The average molecular weight is 396 g/mol. The number of hydrogen-bond acceptors (Lipinski definition) is 4. The molecule has 5 nitrogen and oxygen atoms in total. The topological polar surface area (TPSA) is 66.5 Å². The molecule has 1 aliphatic heterocycles. The molecule has 4 aromatic rings. The molecule has 0 bridgehead atoms. The number of hydrogen-bond donors (Lipinski definition) is 2. The predicted octanol–water partition coefficient (Wildman–Crippen LogP) is 5.05. The van der Waals surface area contributed by atoms with Crippen molar-refractivity contribution in [1.82, 2.24) is 25.3 Å². The Morgan fingerprint density at radius 2 is 1.63 bits per heavy atom. The normalized spacial score (nSPS) is 19.0. The zero-order valence-electron chi connectivity index (χ0n) is 17.0. The van der Waals surface area contributed by atoms with E-state index in [1.807, 2.05) is 6.07 Å². The number of nitrogens with zero attached hydrogens (tertiary/aromatic N) is 3. The highest BCUT2D eigenvalue weighted by Crippen LogP contribution is 2.35. The molecular formula is C25H25N5. The largest absolute Gasteiger partial charge is 0.341 e. The van der Waals surface area contributed by atoms with E-state index in [4.69, 9.17) is 4.98 Å². The summed E-state index contributed by atoms with van der Waals surface area (Å²) in [6, 6.07) is 21.4. The van der Waals surface area contributed by atoms with Gasteiger partial charge in [-0.05, 0) is 31.4 Å². The van der Waals surface area contributed by atoms with Gasteiger partial charge in [0.05, 0.1) is 5.69 Å². The summed E-state index contributed by atoms with van der Waals surface area (Å²) in [6.45, 7) is 2.99. The third kappa shape index (κ3) is 3.76. The van der Waals surface area contributed by atoms with Crippen molar-refractivity contribution in [1.29, 1.82) is 0 Å². The maximum atomic E-state index is 4.92. The Morgan fingerprint density at radius 3 is 2.33 bits per heavy atom. The summed E-state index contributed by atoms with van der Waals surface area (Å²) in [5.74, 6) is 1.89. The minimum absolute atomic E-state index is 0.343. The van der Waals surface area contributed by atoms with E-state index in [0.29, 0.717) is 17.8 Å². The lowest BCUT2D eigenvalue weighted by atomic mass is 9.88. The molecule has 2 atom stereocenters. The van der Waals surface area contributed by atoms with Gasteiger partial charge in [-0.2, -0.15) is 0 Å². The first-order chi connectivity index (χ1) is 14.8. The third-order valence-corrected chi connectivity index (χ3v) is 5.86. The summed E-state index contributed by atoms with van der Waals surface area (Å²) >= 11 is 0. The Balaban J connectivity index is 1.46. The number of benzene rings is 2. The SMILES string of the molecule is Cc1ccc(-c2nc(-c3ncccn3)c([C@@H]3CC[C@H](c4ccccc4)NC3)[nH]2)cc1. The van der Waals surface area contributed by atoms with Gasteiger partial charge in [-0.1, -0.05) is 60.2 Å². The highest BCUT2D eigenvalue weighted by molar-refractivity contribution is 5.64. The van der Waals surface area contributed by atoms with Gasteiger partial charge in [0, 0.05) is 36.5 Å². The van der Waals surface area contributed by atoms with Crippen LogP contribution in [0.4, 0.5) is 0 Å². The summed E-state index contributed by atoms with van der Waals surface area (Å²) in [4.78, 5) is 17.5. The second-order valence-electron chi connectivity index (χ2n) is 7.93. The van der Waals surface area contributed by atoms with Crippen molar-refractivity contribution in [2.24, 2.45) is 0 Å². The molecule has 3 heterocycles. The van der Waals surface area contributed by atoms with E-state index >= 15 is 0 Å². The van der Waals surface area contributed by atoms with Crippen LogP contribution >= 0.6 is 0 Å². The molecule has 1 saturated heterocycles. The molecule has 5 heteroatoms. The van der Waals surface area contributed by atoms with Crippen molar-refractivity contribution < 1.29 is 0 Å². The number of rotatable bonds is 4. The summed E-state index contributed by atoms with van der Waals surface area (Å²) in [5.41, 5.74) is 5.65. The maximum absolute atomic E-state index is 4.92. The highest BCUT2D eigenvalue weighted by atomic mass is 15.0. The first-order valence-corrected chi connectivity index (χ1v) is 10.5. The lowest BCUT2D eigenvalue weighted by Crippen LogP contribution is -2.32. The number of H-pyrrole nitrogens is 1. The fraction of sp³-hybridized carbons (Fsp3) is 0.240. The number of imidazole rings is 1. The van der Waals surface area contributed by atoms with E-state index in [1.54, 1.807) is 12.4 Å². The van der Waals surface area contributed by atoms with Gasteiger partial charge in [0.15, 0.2) is 5.82 Å². The zero-order chi connectivity index (χ0) is 20.3. The van der Waals surface area contributed by atoms with Gasteiger partial charge in [-0.3, -0.25) is 0 Å². The van der Waals surface area contributed by atoms with E-state index in [-0.39, 0.29) is 0 Å². The van der Waals surface area contributed by atoms with Crippen LogP contribution in [0.25, 0.3) is 22.9 Å². The monoisotopic (exact) mass is 395 g/mol. The number of aromatic amines is 1. The van der Waals surface area contributed by atoms with Crippen LogP contribution < -0.4 is 5.32 Å². The maximum Gasteiger partial charge on any atom is 0.180 e. The first-order valence-electron chi connectivity index (χ1n) is 10.5. The van der Waals surface area contributed by atoms with Crippen molar-refractivity contribution in [3.05, 3.63) is 89.9 Å². The average Bonchev–Trinajstić information content (AvgIpc) is 3.26. The Morgan fingerprint density at radius 1 is 0.867 bits per heavy atom. The van der Waals surface area contributed by atoms with Crippen molar-refractivity contribution >= 4 is 0 Å². The van der Waals surface area contributed by atoms with Crippen LogP contribution in [0.2, 0.25) is 0 Å². The second-order valence-corrected chi connectivity index (χ2v) is 7.93. The lowest BCUT2D eigenvalue weighted by Gasteiger charge is -2.30. The van der Waals surface area contributed by atoms with E-state index in [0.717, 1.165) is 42.2 Å². The molecule has 0 unspecified atom stereocenters. The number of nitrogens with one attached hydrogen (secondary N) is 2. The number of aryl methyl sites for hydroxylation is 1. The summed E-state index contributed by atoms with van der Waals surface area (Å²) < 4.78 is 0. The molecule has 0 radical (unpaired) electrons. The van der Waals surface area contributed by atoms with Gasteiger partial charge in [0.25, 0.3) is 0 Å². The summed E-state index contributed by atoms with van der Waals surface area (Å²) in [7, 11) is 0. The first kappa shape index (κ1) is 18.7. The molecular weight excluding hydrogens is 370 g/mol. The van der Waals surface area contributed by atoms with E-state index < -0.39 is 0 Å². The summed E-state index contributed by atoms with van der Waals surface area (Å²) in [6.07, 6.45) is 5.72. The Kier molecular flexibility index (Phi) is 5.11. The molecule has 2 aromatic heterocycles. The standard InChI is InChI=1S/C25H25N5/c1-17-8-10-19(11-9-17)24-29-22(23(30-24)25-26-14-5-15-27-25)20-12-13-21(28-16-20)18-6-3-2-4-7-18/h2-11,14-15,20-21,28H,12-13,16H2,1H3,(H,29,30)/t20-,21-/m1/s1. The molecule has 30 heavy (non-hydrogen) atoms. The minimum Gasteiger partial charge on any atom is -0.341 e. The molecule has 2 aromatic carbocycles. The molecule has 2 N–H and O–H groups in total. The van der Waals surface area contributed by atoms with Crippen LogP contribution in [-0.2, 0) is 0 Å². The fourth-order valence-electron chi connectivity index (χ4n) is 4.19. The highest BCUT2D eigenvalue weighted by Gasteiger charge is 2.28. The van der Waals surface area contributed by atoms with E-state index in [9.17, 15) is 0 Å². The molecule has 1 fully saturated rings. The Hall–Kier alpha value is -3.31. The van der Waals surface area contributed by atoms with Crippen LogP contribution in [0.5, 0.6) is 0 Å². The van der Waals surface area contributed by atoms with Gasteiger partial charge in [0.2, 0.25) is 0 Å². The van der Waals surface area contributed by atoms with Gasteiger partial charge < -0.3 is 10.3 Å². The molecule has 0 aliphatic carbocycles. The van der Waals surface area contributed by atoms with E-state index in [1.165, 1.54) is 11.1 Å². The zero-order valence-corrected chi connectivity index (χ0v) is 17.0. The van der Waals surface area contributed by atoms with Gasteiger partial charge in [-0.25, -0.2) is 15.0 Å². The van der Waals surface area contributed by atoms with Crippen LogP contribution in [-0.4, -0.2) is 26.5 Å².